The van der Waals surface area contributed by atoms with Gasteiger partial charge in [-0.3, -0.25) is 0 Å². The number of nitrogens with zero attached hydrogens (tertiary/aromatic N) is 4. The van der Waals surface area contributed by atoms with Crippen molar-refractivity contribution in [1.82, 2.24) is 9.97 Å². The number of hydrogen-bond donors (Lipinski definition) is 0. The second-order valence-corrected chi connectivity index (χ2v) is 7.06. The summed E-state index contributed by atoms with van der Waals surface area (Å²) in [4.78, 5) is 13.0. The first-order valence-corrected chi connectivity index (χ1v) is 9.48. The molecule has 0 spiro atoms. The molecule has 0 N–H and O–H groups in total. The van der Waals surface area contributed by atoms with Crippen LogP contribution < -0.4 is 9.80 Å². The zero-order chi connectivity index (χ0) is 18.9. The van der Waals surface area contributed by atoms with Crippen molar-refractivity contribution < 1.29 is 13.2 Å². The highest BCUT2D eigenvalue weighted by molar-refractivity contribution is 7.08. The van der Waals surface area contributed by atoms with Gasteiger partial charge in [0, 0.05) is 49.0 Å². The normalized spacial score (nSPS) is 15.2. The number of benzene rings is 1. The first kappa shape index (κ1) is 17.8. The van der Waals surface area contributed by atoms with Gasteiger partial charge in [0.25, 0.3) is 0 Å². The van der Waals surface area contributed by atoms with Gasteiger partial charge in [-0.05, 0) is 35.7 Å². The number of hydrogen-bond acceptors (Lipinski definition) is 5. The minimum atomic E-state index is -4.33. The largest absolute Gasteiger partial charge is 0.416 e. The van der Waals surface area contributed by atoms with E-state index in [0.717, 1.165) is 17.3 Å². The van der Waals surface area contributed by atoms with Crippen molar-refractivity contribution in [3.8, 4) is 11.3 Å². The van der Waals surface area contributed by atoms with Gasteiger partial charge in [-0.1, -0.05) is 6.07 Å². The quantitative estimate of drug-likeness (QED) is 0.657. The molecule has 3 heterocycles. The number of rotatable bonds is 3. The van der Waals surface area contributed by atoms with Crippen LogP contribution in [0.25, 0.3) is 11.3 Å². The monoisotopic (exact) mass is 390 g/mol. The maximum atomic E-state index is 12.9. The maximum absolute atomic E-state index is 12.9. The van der Waals surface area contributed by atoms with Gasteiger partial charge < -0.3 is 9.80 Å². The average molecular weight is 390 g/mol. The Kier molecular flexibility index (Phi) is 4.73. The molecule has 0 unspecified atom stereocenters. The van der Waals surface area contributed by atoms with Crippen molar-refractivity contribution in [2.45, 2.75) is 6.18 Å². The van der Waals surface area contributed by atoms with Crippen LogP contribution in [0.3, 0.4) is 0 Å². The first-order chi connectivity index (χ1) is 13.0. The Morgan fingerprint density at radius 3 is 2.44 bits per heavy atom. The van der Waals surface area contributed by atoms with Crippen LogP contribution in [0.5, 0.6) is 0 Å². The lowest BCUT2D eigenvalue weighted by Crippen LogP contribution is -2.47. The van der Waals surface area contributed by atoms with Gasteiger partial charge in [0.15, 0.2) is 0 Å². The van der Waals surface area contributed by atoms with Gasteiger partial charge in [-0.15, -0.1) is 0 Å². The van der Waals surface area contributed by atoms with Gasteiger partial charge in [-0.25, -0.2) is 9.97 Å². The van der Waals surface area contributed by atoms with E-state index in [0.29, 0.717) is 37.8 Å². The maximum Gasteiger partial charge on any atom is 0.416 e. The van der Waals surface area contributed by atoms with E-state index in [1.54, 1.807) is 23.6 Å². The third kappa shape index (κ3) is 3.90. The molecule has 4 rings (SSSR count). The fourth-order valence-corrected chi connectivity index (χ4v) is 3.77. The Hall–Kier alpha value is -2.61. The number of thiophene rings is 1. The molecule has 4 nitrogen and oxygen atoms in total. The number of alkyl halides is 3. The summed E-state index contributed by atoms with van der Waals surface area (Å²) in [6.45, 7) is 2.55. The lowest BCUT2D eigenvalue weighted by Gasteiger charge is -2.36. The predicted molar refractivity (Wildman–Crippen MR) is 101 cm³/mol. The van der Waals surface area contributed by atoms with Gasteiger partial charge in [0.2, 0.25) is 5.95 Å². The molecule has 8 heteroatoms. The second kappa shape index (κ2) is 7.19. The summed E-state index contributed by atoms with van der Waals surface area (Å²) in [5, 5.41) is 4.04. The van der Waals surface area contributed by atoms with Gasteiger partial charge in [-0.2, -0.15) is 24.5 Å². The van der Waals surface area contributed by atoms with Crippen molar-refractivity contribution >= 4 is 23.0 Å². The van der Waals surface area contributed by atoms with Gasteiger partial charge >= 0.3 is 6.18 Å². The number of anilines is 2. The van der Waals surface area contributed by atoms with E-state index in [4.69, 9.17) is 0 Å². The molecule has 140 valence electrons. The van der Waals surface area contributed by atoms with Crippen LogP contribution in [-0.4, -0.2) is 36.1 Å². The van der Waals surface area contributed by atoms with Crippen LogP contribution in [0, 0.1) is 0 Å². The van der Waals surface area contributed by atoms with E-state index >= 15 is 0 Å². The highest BCUT2D eigenvalue weighted by Gasteiger charge is 2.31. The van der Waals surface area contributed by atoms with E-state index in [1.807, 2.05) is 27.8 Å². The summed E-state index contributed by atoms with van der Waals surface area (Å²) in [7, 11) is 0. The van der Waals surface area contributed by atoms with Crippen molar-refractivity contribution in [1.29, 1.82) is 0 Å². The smallest absolute Gasteiger partial charge is 0.368 e. The molecule has 1 aliphatic heterocycles. The predicted octanol–water partition coefficient (Wildman–Crippen LogP) is 4.55. The third-order valence-electron chi connectivity index (χ3n) is 4.56. The van der Waals surface area contributed by atoms with Crippen LogP contribution in [0.1, 0.15) is 5.56 Å². The van der Waals surface area contributed by atoms with Crippen molar-refractivity contribution in [3.05, 3.63) is 58.9 Å². The lowest BCUT2D eigenvalue weighted by atomic mass is 10.1. The fourth-order valence-electron chi connectivity index (χ4n) is 3.12. The molecule has 1 aromatic carbocycles. The Balaban J connectivity index is 1.46. The standard InChI is InChI=1S/C19H17F3N4S/c20-19(21,22)15-2-1-3-16(12-15)25-7-9-26(10-8-25)18-23-6-4-17(24-18)14-5-11-27-13-14/h1-6,11-13H,7-10H2. The summed E-state index contributed by atoms with van der Waals surface area (Å²) in [6.07, 6.45) is -2.58. The molecule has 0 aliphatic carbocycles. The zero-order valence-electron chi connectivity index (χ0n) is 14.4. The summed E-state index contributed by atoms with van der Waals surface area (Å²) in [5.74, 6) is 0.655. The SMILES string of the molecule is FC(F)(F)c1cccc(N2CCN(c3nccc(-c4ccsc4)n3)CC2)c1. The summed E-state index contributed by atoms with van der Waals surface area (Å²) in [5.41, 5.74) is 1.92. The minimum Gasteiger partial charge on any atom is -0.368 e. The molecule has 27 heavy (non-hydrogen) atoms. The van der Waals surface area contributed by atoms with Crippen LogP contribution in [-0.2, 0) is 6.18 Å². The molecular weight excluding hydrogens is 373 g/mol. The van der Waals surface area contributed by atoms with Crippen LogP contribution in [0.4, 0.5) is 24.8 Å². The van der Waals surface area contributed by atoms with Crippen LogP contribution in [0.15, 0.2) is 53.4 Å². The Morgan fingerprint density at radius 2 is 1.74 bits per heavy atom. The molecule has 1 saturated heterocycles. The van der Waals surface area contributed by atoms with Crippen molar-refractivity contribution in [3.63, 3.8) is 0 Å². The van der Waals surface area contributed by atoms with E-state index in [9.17, 15) is 13.2 Å². The molecule has 3 aromatic rings. The van der Waals surface area contributed by atoms with Crippen LogP contribution >= 0.6 is 11.3 Å². The van der Waals surface area contributed by atoms with E-state index in [-0.39, 0.29) is 0 Å². The molecule has 0 saturated carbocycles. The lowest BCUT2D eigenvalue weighted by molar-refractivity contribution is -0.137. The highest BCUT2D eigenvalue weighted by Crippen LogP contribution is 2.32. The Morgan fingerprint density at radius 1 is 0.963 bits per heavy atom. The fraction of sp³-hybridized carbons (Fsp3) is 0.263. The molecule has 1 aliphatic rings. The average Bonchev–Trinajstić information content (AvgIpc) is 3.23. The topological polar surface area (TPSA) is 32.3 Å². The van der Waals surface area contributed by atoms with Gasteiger partial charge in [0.1, 0.15) is 0 Å². The van der Waals surface area contributed by atoms with E-state index in [2.05, 4.69) is 14.9 Å². The summed E-state index contributed by atoms with van der Waals surface area (Å²) in [6, 6.07) is 9.39. The number of piperazine rings is 1. The summed E-state index contributed by atoms with van der Waals surface area (Å²) >= 11 is 1.62. The molecule has 0 atom stereocenters. The van der Waals surface area contributed by atoms with Crippen molar-refractivity contribution in [2.75, 3.05) is 36.0 Å². The molecule has 1 fully saturated rings. The molecule has 0 amide bonds. The highest BCUT2D eigenvalue weighted by atomic mass is 32.1. The minimum absolute atomic E-state index is 0.595. The first-order valence-electron chi connectivity index (χ1n) is 8.53. The second-order valence-electron chi connectivity index (χ2n) is 6.28. The van der Waals surface area contributed by atoms with E-state index in [1.165, 1.54) is 12.1 Å². The zero-order valence-corrected chi connectivity index (χ0v) is 15.2. The summed E-state index contributed by atoms with van der Waals surface area (Å²) < 4.78 is 38.8. The molecule has 0 bridgehead atoms. The molecule has 0 radical (unpaired) electrons. The molecular formula is C19H17F3N4S. The van der Waals surface area contributed by atoms with Gasteiger partial charge in [0.05, 0.1) is 11.3 Å². The number of halogens is 3. The Labute approximate surface area is 158 Å². The van der Waals surface area contributed by atoms with Crippen molar-refractivity contribution in [2.24, 2.45) is 0 Å². The van der Waals surface area contributed by atoms with E-state index < -0.39 is 11.7 Å². The molecule has 2 aromatic heterocycles. The Bertz CT molecular complexity index is 903. The van der Waals surface area contributed by atoms with Crippen LogP contribution in [0.2, 0.25) is 0 Å². The third-order valence-corrected chi connectivity index (χ3v) is 5.24. The number of aromatic nitrogens is 2.